The highest BCUT2D eigenvalue weighted by atomic mass is 32.1. The number of nitrogens with two attached hydrogens (primary N) is 1. The lowest BCUT2D eigenvalue weighted by molar-refractivity contribution is 0.502. The molecule has 1 atom stereocenters. The van der Waals surface area contributed by atoms with Crippen LogP contribution in [0.25, 0.3) is 0 Å². The minimum Gasteiger partial charge on any atom is -0.407 e. The van der Waals surface area contributed by atoms with Crippen molar-refractivity contribution in [1.29, 1.82) is 0 Å². The highest BCUT2D eigenvalue weighted by Crippen LogP contribution is 2.12. The normalized spacial score (nSPS) is 12.6. The van der Waals surface area contributed by atoms with Crippen LogP contribution in [0.1, 0.15) is 18.4 Å². The van der Waals surface area contributed by atoms with Gasteiger partial charge in [-0.3, -0.25) is 0 Å². The van der Waals surface area contributed by atoms with Crippen LogP contribution in [-0.2, 0) is 13.0 Å². The molecule has 16 heavy (non-hydrogen) atoms. The first-order chi connectivity index (χ1) is 7.78. The van der Waals surface area contributed by atoms with Gasteiger partial charge in [0.25, 0.3) is 0 Å². The summed E-state index contributed by atoms with van der Waals surface area (Å²) in [6.45, 7) is 2.34. The lowest BCUT2D eigenvalue weighted by Crippen LogP contribution is -2.17. The second kappa shape index (κ2) is 5.09. The summed E-state index contributed by atoms with van der Waals surface area (Å²) in [7, 11) is 0. The molecule has 5 nitrogen and oxygen atoms in total. The third-order valence-electron chi connectivity index (χ3n) is 2.13. The van der Waals surface area contributed by atoms with Crippen LogP contribution in [0.3, 0.4) is 0 Å². The summed E-state index contributed by atoms with van der Waals surface area (Å²) in [6.07, 6.45) is 0.934. The molecule has 2 aromatic rings. The minimum atomic E-state index is 0.251. The first-order valence-electron chi connectivity index (χ1n) is 5.08. The zero-order valence-electron chi connectivity index (χ0n) is 9.01. The van der Waals surface area contributed by atoms with Gasteiger partial charge < -0.3 is 15.5 Å². The summed E-state index contributed by atoms with van der Waals surface area (Å²) in [5.41, 5.74) is 6.69. The van der Waals surface area contributed by atoms with E-state index in [0.717, 1.165) is 6.42 Å². The van der Waals surface area contributed by atoms with Crippen molar-refractivity contribution in [2.75, 3.05) is 5.32 Å². The molecule has 0 radical (unpaired) electrons. The molecule has 2 rings (SSSR count). The van der Waals surface area contributed by atoms with E-state index in [-0.39, 0.29) is 12.6 Å². The van der Waals surface area contributed by atoms with Crippen molar-refractivity contribution in [1.82, 2.24) is 10.2 Å². The Morgan fingerprint density at radius 1 is 1.56 bits per heavy atom. The van der Waals surface area contributed by atoms with Gasteiger partial charge in [-0.25, -0.2) is 0 Å². The van der Waals surface area contributed by atoms with Crippen LogP contribution in [0, 0.1) is 0 Å². The number of thiophene rings is 1. The summed E-state index contributed by atoms with van der Waals surface area (Å²) in [5.74, 6) is 0.449. The highest BCUT2D eigenvalue weighted by Gasteiger charge is 2.08. The Balaban J connectivity index is 1.89. The Labute approximate surface area is 97.7 Å². The third-order valence-corrected chi connectivity index (χ3v) is 2.87. The fourth-order valence-corrected chi connectivity index (χ4v) is 2.10. The molecule has 0 fully saturated rings. The number of aromatic nitrogens is 2. The van der Waals surface area contributed by atoms with Crippen LogP contribution < -0.4 is 11.1 Å². The zero-order valence-corrected chi connectivity index (χ0v) is 9.83. The fourth-order valence-electron chi connectivity index (χ4n) is 1.42. The largest absolute Gasteiger partial charge is 0.407 e. The Morgan fingerprint density at radius 2 is 2.44 bits per heavy atom. The average molecular weight is 238 g/mol. The molecule has 3 N–H and O–H groups in total. The number of rotatable bonds is 5. The van der Waals surface area contributed by atoms with Gasteiger partial charge >= 0.3 is 6.01 Å². The first-order valence-corrected chi connectivity index (χ1v) is 6.02. The quantitative estimate of drug-likeness (QED) is 0.828. The summed E-state index contributed by atoms with van der Waals surface area (Å²) in [4.78, 5) is 0. The predicted octanol–water partition coefficient (Wildman–Crippen LogP) is 1.63. The molecular formula is C10H14N4OS. The van der Waals surface area contributed by atoms with E-state index in [4.69, 9.17) is 10.2 Å². The Hall–Kier alpha value is -1.40. The first kappa shape index (κ1) is 11.1. The van der Waals surface area contributed by atoms with E-state index in [1.165, 1.54) is 5.56 Å². The predicted molar refractivity (Wildman–Crippen MR) is 63.3 cm³/mol. The van der Waals surface area contributed by atoms with Crippen molar-refractivity contribution in [3.05, 3.63) is 28.3 Å². The zero-order chi connectivity index (χ0) is 11.4. The molecule has 0 amide bonds. The minimum absolute atomic E-state index is 0.251. The van der Waals surface area contributed by atoms with Gasteiger partial charge in [-0.2, -0.15) is 11.3 Å². The van der Waals surface area contributed by atoms with Crippen molar-refractivity contribution in [2.24, 2.45) is 5.73 Å². The maximum Gasteiger partial charge on any atom is 0.315 e. The summed E-state index contributed by atoms with van der Waals surface area (Å²) >= 11 is 1.70. The van der Waals surface area contributed by atoms with Gasteiger partial charge in [-0.15, -0.1) is 5.10 Å². The monoisotopic (exact) mass is 238 g/mol. The van der Waals surface area contributed by atoms with E-state index in [1.807, 2.05) is 0 Å². The van der Waals surface area contributed by atoms with E-state index in [1.54, 1.807) is 11.3 Å². The molecule has 0 aliphatic carbocycles. The van der Waals surface area contributed by atoms with Gasteiger partial charge in [-0.1, -0.05) is 5.10 Å². The SMILES string of the molecule is CC(Cc1ccsc1)Nc1nnc(CN)o1. The Bertz CT molecular complexity index is 426. The maximum absolute atomic E-state index is 5.38. The maximum atomic E-state index is 5.38. The van der Waals surface area contributed by atoms with Gasteiger partial charge in [0.1, 0.15) is 0 Å². The molecule has 2 aromatic heterocycles. The van der Waals surface area contributed by atoms with Crippen LogP contribution in [-0.4, -0.2) is 16.2 Å². The van der Waals surface area contributed by atoms with Crippen molar-refractivity contribution in [3.8, 4) is 0 Å². The topological polar surface area (TPSA) is 77.0 Å². The van der Waals surface area contributed by atoms with Crippen LogP contribution in [0.5, 0.6) is 0 Å². The molecule has 86 valence electrons. The van der Waals surface area contributed by atoms with Gasteiger partial charge in [0.15, 0.2) is 0 Å². The Morgan fingerprint density at radius 3 is 3.06 bits per heavy atom. The third kappa shape index (κ3) is 2.80. The lowest BCUT2D eigenvalue weighted by atomic mass is 10.1. The molecule has 1 unspecified atom stereocenters. The molecule has 0 aliphatic rings. The molecule has 2 heterocycles. The fraction of sp³-hybridized carbons (Fsp3) is 0.400. The lowest BCUT2D eigenvalue weighted by Gasteiger charge is -2.09. The summed E-state index contributed by atoms with van der Waals surface area (Å²) in [5, 5.41) is 15.0. The number of hydrogen-bond acceptors (Lipinski definition) is 6. The van der Waals surface area contributed by atoms with E-state index in [9.17, 15) is 0 Å². The van der Waals surface area contributed by atoms with Crippen molar-refractivity contribution < 1.29 is 4.42 Å². The number of nitrogens with one attached hydrogen (secondary N) is 1. The molecular weight excluding hydrogens is 224 g/mol. The molecule has 0 spiro atoms. The van der Waals surface area contributed by atoms with Crippen LogP contribution >= 0.6 is 11.3 Å². The van der Waals surface area contributed by atoms with Crippen LogP contribution in [0.15, 0.2) is 21.2 Å². The van der Waals surface area contributed by atoms with Crippen LogP contribution in [0.4, 0.5) is 6.01 Å². The van der Waals surface area contributed by atoms with Crippen molar-refractivity contribution >= 4 is 17.4 Å². The van der Waals surface area contributed by atoms with Gasteiger partial charge in [0.05, 0.1) is 6.54 Å². The Kier molecular flexibility index (Phi) is 3.53. The van der Waals surface area contributed by atoms with E-state index >= 15 is 0 Å². The second-order valence-corrected chi connectivity index (χ2v) is 4.37. The van der Waals surface area contributed by atoms with Gasteiger partial charge in [-0.05, 0) is 35.7 Å². The number of anilines is 1. The van der Waals surface area contributed by atoms with E-state index < -0.39 is 0 Å². The van der Waals surface area contributed by atoms with E-state index in [2.05, 4.69) is 39.3 Å². The van der Waals surface area contributed by atoms with Gasteiger partial charge in [0, 0.05) is 6.04 Å². The van der Waals surface area contributed by atoms with Crippen molar-refractivity contribution in [2.45, 2.75) is 25.9 Å². The van der Waals surface area contributed by atoms with Crippen LogP contribution in [0.2, 0.25) is 0 Å². The summed E-state index contributed by atoms with van der Waals surface area (Å²) < 4.78 is 5.27. The molecule has 0 aliphatic heterocycles. The molecule has 0 saturated carbocycles. The molecule has 0 bridgehead atoms. The summed E-state index contributed by atoms with van der Waals surface area (Å²) in [6, 6.07) is 2.80. The van der Waals surface area contributed by atoms with E-state index in [0.29, 0.717) is 11.9 Å². The molecule has 6 heteroatoms. The standard InChI is InChI=1S/C10H14N4OS/c1-7(4-8-2-3-16-6-8)12-10-14-13-9(5-11)15-10/h2-3,6-7H,4-5,11H2,1H3,(H,12,14). The van der Waals surface area contributed by atoms with Crippen molar-refractivity contribution in [3.63, 3.8) is 0 Å². The average Bonchev–Trinajstić information content (AvgIpc) is 2.89. The second-order valence-electron chi connectivity index (χ2n) is 3.59. The van der Waals surface area contributed by atoms with Gasteiger partial charge in [0.2, 0.25) is 5.89 Å². The molecule has 0 saturated heterocycles. The number of hydrogen-bond donors (Lipinski definition) is 2. The highest BCUT2D eigenvalue weighted by molar-refractivity contribution is 7.07. The smallest absolute Gasteiger partial charge is 0.315 e. The molecule has 0 aromatic carbocycles. The number of nitrogens with zero attached hydrogens (tertiary/aromatic N) is 2.